The lowest BCUT2D eigenvalue weighted by Crippen LogP contribution is -2.64. The average molecular weight is 665 g/mol. The van der Waals surface area contributed by atoms with Gasteiger partial charge in [0.2, 0.25) is 0 Å². The van der Waals surface area contributed by atoms with Gasteiger partial charge in [-0.25, -0.2) is 9.59 Å². The minimum absolute atomic E-state index is 0.000847. The van der Waals surface area contributed by atoms with Crippen molar-refractivity contribution in [2.24, 2.45) is 0 Å². The Balaban J connectivity index is 1.23. The van der Waals surface area contributed by atoms with Crippen LogP contribution < -0.4 is 10.6 Å². The Morgan fingerprint density at radius 1 is 0.688 bits per heavy atom. The van der Waals surface area contributed by atoms with E-state index < -0.39 is 74.2 Å². The maximum absolute atomic E-state index is 13.1. The van der Waals surface area contributed by atoms with Crippen LogP contribution in [0.5, 0.6) is 0 Å². The number of hydrogen-bond donors (Lipinski definition) is 2. The van der Waals surface area contributed by atoms with E-state index in [0.29, 0.717) is 5.56 Å². The Kier molecular flexibility index (Phi) is 12.3. The highest BCUT2D eigenvalue weighted by Gasteiger charge is 2.54. The fourth-order valence-corrected chi connectivity index (χ4v) is 5.00. The van der Waals surface area contributed by atoms with Gasteiger partial charge in [-0.1, -0.05) is 91.0 Å². The topological polar surface area (TPSA) is 166 Å². The van der Waals surface area contributed by atoms with E-state index >= 15 is 0 Å². The molecule has 0 bridgehead atoms. The molecule has 5 rings (SSSR count). The van der Waals surface area contributed by atoms with Crippen LogP contribution in [0.25, 0.3) is 0 Å². The van der Waals surface area contributed by atoms with Gasteiger partial charge < -0.3 is 48.5 Å². The molecule has 2 aliphatic heterocycles. The molecule has 2 amide bonds. The molecule has 2 aliphatic rings. The second-order valence-electron chi connectivity index (χ2n) is 10.7. The van der Waals surface area contributed by atoms with Gasteiger partial charge in [0.25, 0.3) is 0 Å². The maximum Gasteiger partial charge on any atom is 0.407 e. The highest BCUT2D eigenvalue weighted by Crippen LogP contribution is 2.36. The second kappa shape index (κ2) is 17.2. The number of carbonyl (C=O) groups is 4. The molecular weight excluding hydrogens is 628 g/mol. The number of carbonyl (C=O) groups excluding carboxylic acids is 4. The van der Waals surface area contributed by atoms with Gasteiger partial charge in [0, 0.05) is 12.7 Å². The molecule has 3 aromatic rings. The van der Waals surface area contributed by atoms with Gasteiger partial charge in [0.05, 0.1) is 6.61 Å². The van der Waals surface area contributed by atoms with Crippen LogP contribution in [0, 0.1) is 0 Å². The number of methoxy groups -OCH3 is 1. The van der Waals surface area contributed by atoms with Crippen molar-refractivity contribution in [3.05, 3.63) is 108 Å². The number of benzene rings is 3. The fraction of sp³-hybridized carbons (Fsp3) is 0.353. The van der Waals surface area contributed by atoms with E-state index in [1.165, 1.54) is 7.11 Å². The predicted molar refractivity (Wildman–Crippen MR) is 165 cm³/mol. The molecule has 0 unspecified atom stereocenters. The molecule has 254 valence electrons. The first-order chi connectivity index (χ1) is 23.4. The summed E-state index contributed by atoms with van der Waals surface area (Å²) in [6.07, 6.45) is -8.10. The van der Waals surface area contributed by atoms with Crippen molar-refractivity contribution >= 4 is 24.1 Å². The van der Waals surface area contributed by atoms with Crippen LogP contribution in [-0.4, -0.2) is 81.6 Å². The van der Waals surface area contributed by atoms with E-state index in [-0.39, 0.29) is 19.8 Å². The molecule has 0 spiro atoms. The van der Waals surface area contributed by atoms with Crippen LogP contribution >= 0.6 is 0 Å². The van der Waals surface area contributed by atoms with Crippen LogP contribution in [0.4, 0.5) is 9.59 Å². The third kappa shape index (κ3) is 9.75. The first-order valence-corrected chi connectivity index (χ1v) is 15.2. The molecule has 14 nitrogen and oxygen atoms in total. The smallest absolute Gasteiger partial charge is 0.407 e. The number of esters is 2. The molecular formula is C34H36N2O12. The predicted octanol–water partition coefficient (Wildman–Crippen LogP) is 3.15. The normalized spacial score (nSPS) is 23.1. The summed E-state index contributed by atoms with van der Waals surface area (Å²) in [7, 11) is 1.32. The van der Waals surface area contributed by atoms with E-state index in [2.05, 4.69) is 10.6 Å². The number of nitrogens with one attached hydrogen (secondary N) is 2. The summed E-state index contributed by atoms with van der Waals surface area (Å²) in [5.74, 6) is -1.77. The molecule has 2 heterocycles. The Morgan fingerprint density at radius 2 is 1.19 bits per heavy atom. The van der Waals surface area contributed by atoms with Crippen LogP contribution in [0.2, 0.25) is 0 Å². The zero-order valence-electron chi connectivity index (χ0n) is 26.1. The van der Waals surface area contributed by atoms with Gasteiger partial charge >= 0.3 is 24.1 Å². The first kappa shape index (κ1) is 34.3. The van der Waals surface area contributed by atoms with Crippen molar-refractivity contribution in [3.8, 4) is 0 Å². The number of hydrogen-bond acceptors (Lipinski definition) is 12. The molecule has 3 aromatic carbocycles. The van der Waals surface area contributed by atoms with Crippen LogP contribution in [0.1, 0.15) is 23.0 Å². The summed E-state index contributed by atoms with van der Waals surface area (Å²) >= 11 is 0. The molecule has 0 saturated carbocycles. The minimum Gasteiger partial charge on any atom is -0.454 e. The van der Waals surface area contributed by atoms with E-state index in [9.17, 15) is 19.2 Å². The van der Waals surface area contributed by atoms with E-state index in [1.807, 2.05) is 30.3 Å². The Labute approximate surface area is 276 Å². The van der Waals surface area contributed by atoms with Crippen molar-refractivity contribution in [2.45, 2.75) is 50.2 Å². The molecule has 2 saturated heterocycles. The number of alkyl carbamates (subject to hydrolysis) is 2. The summed E-state index contributed by atoms with van der Waals surface area (Å²) in [5.41, 5.74) is 2.23. The van der Waals surface area contributed by atoms with Crippen molar-refractivity contribution in [3.63, 3.8) is 0 Å². The van der Waals surface area contributed by atoms with Crippen molar-refractivity contribution < 1.29 is 57.1 Å². The Morgan fingerprint density at radius 3 is 1.71 bits per heavy atom. The molecule has 6 atom stereocenters. The first-order valence-electron chi connectivity index (χ1n) is 15.2. The summed E-state index contributed by atoms with van der Waals surface area (Å²) in [5, 5.41) is 4.69. The van der Waals surface area contributed by atoms with Gasteiger partial charge in [0.15, 0.2) is 24.8 Å². The van der Waals surface area contributed by atoms with Gasteiger partial charge in [0.1, 0.15) is 38.5 Å². The summed E-state index contributed by atoms with van der Waals surface area (Å²) in [4.78, 5) is 50.5. The second-order valence-corrected chi connectivity index (χ2v) is 10.7. The van der Waals surface area contributed by atoms with Gasteiger partial charge in [-0.15, -0.1) is 0 Å². The highest BCUT2D eigenvalue weighted by molar-refractivity contribution is 5.79. The van der Waals surface area contributed by atoms with Crippen molar-refractivity contribution in [1.29, 1.82) is 0 Å². The summed E-state index contributed by atoms with van der Waals surface area (Å²) in [6.45, 7) is -1.09. The molecule has 0 radical (unpaired) electrons. The zero-order chi connectivity index (χ0) is 33.7. The number of rotatable bonds is 12. The number of amides is 2. The molecule has 2 fully saturated rings. The number of fused-ring (bicyclic) bond motifs is 1. The van der Waals surface area contributed by atoms with Gasteiger partial charge in [-0.2, -0.15) is 0 Å². The van der Waals surface area contributed by atoms with E-state index in [4.69, 9.17) is 37.9 Å². The highest BCUT2D eigenvalue weighted by atomic mass is 16.8. The van der Waals surface area contributed by atoms with Gasteiger partial charge in [-0.3, -0.25) is 9.59 Å². The SMILES string of the molecule is CO[C@H]1O[C@H]2CO[C@H](c3ccccc3)O[C@@H]2[C@@H](OC(=O)CNC(=O)OCc2ccccc2)[C@H]1OC(=O)CNC(=O)OCc1ccccc1. The molecule has 0 aromatic heterocycles. The van der Waals surface area contributed by atoms with E-state index in [1.54, 1.807) is 60.7 Å². The zero-order valence-corrected chi connectivity index (χ0v) is 26.1. The summed E-state index contributed by atoms with van der Waals surface area (Å²) < 4.78 is 45.3. The third-order valence-corrected chi connectivity index (χ3v) is 7.30. The molecule has 2 N–H and O–H groups in total. The number of ether oxygens (including phenoxy) is 8. The van der Waals surface area contributed by atoms with Crippen LogP contribution in [0.3, 0.4) is 0 Å². The molecule has 14 heteroatoms. The molecule has 48 heavy (non-hydrogen) atoms. The van der Waals surface area contributed by atoms with Crippen LogP contribution in [-0.2, 0) is 60.7 Å². The lowest BCUT2D eigenvalue weighted by Gasteiger charge is -2.47. The fourth-order valence-electron chi connectivity index (χ4n) is 5.00. The lowest BCUT2D eigenvalue weighted by atomic mass is 9.97. The van der Waals surface area contributed by atoms with E-state index in [0.717, 1.165) is 11.1 Å². The van der Waals surface area contributed by atoms with Crippen molar-refractivity contribution in [1.82, 2.24) is 10.6 Å². The largest absolute Gasteiger partial charge is 0.454 e. The quantitative estimate of drug-likeness (QED) is 0.215. The van der Waals surface area contributed by atoms with Crippen molar-refractivity contribution in [2.75, 3.05) is 26.8 Å². The maximum atomic E-state index is 13.1. The summed E-state index contributed by atoms with van der Waals surface area (Å²) in [6, 6.07) is 27.1. The monoisotopic (exact) mass is 664 g/mol. The Hall–Kier alpha value is -5.02. The average Bonchev–Trinajstić information content (AvgIpc) is 3.13. The minimum atomic E-state index is -1.34. The third-order valence-electron chi connectivity index (χ3n) is 7.30. The standard InChI is InChI=1S/C34H36N2O12/c1-41-32-30(47-27(38)18-36-34(40)44-20-23-13-7-3-8-14-23)29(28-25(45-32)21-42-31(48-28)24-15-9-4-10-16-24)46-26(37)17-35-33(39)43-19-22-11-5-2-6-12-22/h2-16,25,28-32H,17-21H2,1H3,(H,35,39)(H,36,40)/t25-,28-,29+,30+,31-,32-/m0/s1. The Bertz CT molecular complexity index is 1490. The van der Waals surface area contributed by atoms with Gasteiger partial charge in [-0.05, 0) is 11.1 Å². The molecule has 0 aliphatic carbocycles. The van der Waals surface area contributed by atoms with Crippen LogP contribution in [0.15, 0.2) is 91.0 Å². The lowest BCUT2D eigenvalue weighted by molar-refractivity contribution is -0.359.